The third-order valence-corrected chi connectivity index (χ3v) is 4.31. The fourth-order valence-electron chi connectivity index (χ4n) is 2.60. The van der Waals surface area contributed by atoms with Gasteiger partial charge >= 0.3 is 5.97 Å². The van der Waals surface area contributed by atoms with Crippen molar-refractivity contribution in [1.29, 1.82) is 0 Å². The van der Waals surface area contributed by atoms with Crippen molar-refractivity contribution in [2.75, 3.05) is 54.1 Å². The number of hydrogen-bond acceptors (Lipinski definition) is 6. The van der Waals surface area contributed by atoms with Gasteiger partial charge in [-0.2, -0.15) is 0 Å². The summed E-state index contributed by atoms with van der Waals surface area (Å²) >= 11 is 0. The number of carbonyl (C=O) groups is 2. The minimum absolute atomic E-state index is 0.151. The minimum atomic E-state index is -0.335. The van der Waals surface area contributed by atoms with Gasteiger partial charge in [0.1, 0.15) is 0 Å². The van der Waals surface area contributed by atoms with Crippen LogP contribution in [-0.2, 0) is 9.53 Å². The number of ether oxygens (including phenoxy) is 3. The zero-order valence-electron chi connectivity index (χ0n) is 16.4. The summed E-state index contributed by atoms with van der Waals surface area (Å²) in [6, 6.07) is 5.06. The lowest BCUT2D eigenvalue weighted by Crippen LogP contribution is -2.40. The van der Waals surface area contributed by atoms with Crippen molar-refractivity contribution in [3.63, 3.8) is 0 Å². The molecule has 0 aromatic heterocycles. The maximum absolute atomic E-state index is 13.0. The molecule has 0 heterocycles. The van der Waals surface area contributed by atoms with Gasteiger partial charge in [0.25, 0.3) is 5.91 Å². The van der Waals surface area contributed by atoms with Crippen LogP contribution in [0.2, 0.25) is 0 Å². The molecule has 0 N–H and O–H groups in total. The first-order valence-electron chi connectivity index (χ1n) is 8.81. The van der Waals surface area contributed by atoms with E-state index in [1.807, 2.05) is 0 Å². The number of benzene rings is 1. The highest BCUT2D eigenvalue weighted by Crippen LogP contribution is 2.28. The number of rotatable bonds is 11. The number of esters is 1. The van der Waals surface area contributed by atoms with Crippen molar-refractivity contribution in [3.05, 3.63) is 23.8 Å². The summed E-state index contributed by atoms with van der Waals surface area (Å²) in [7, 11) is 4.42. The van der Waals surface area contributed by atoms with Gasteiger partial charge in [-0.25, -0.2) is 0 Å². The third kappa shape index (κ3) is 6.22. The highest BCUT2D eigenvalue weighted by atomic mass is 16.5. The van der Waals surface area contributed by atoms with Crippen LogP contribution in [0.15, 0.2) is 18.2 Å². The molecule has 0 saturated heterocycles. The zero-order valence-corrected chi connectivity index (χ0v) is 16.4. The topological polar surface area (TPSA) is 68.3 Å². The third-order valence-electron chi connectivity index (χ3n) is 4.31. The Hall–Kier alpha value is -2.28. The molecule has 0 atom stereocenters. The first kappa shape index (κ1) is 21.8. The summed E-state index contributed by atoms with van der Waals surface area (Å²) in [5.74, 6) is 0.572. The molecule has 7 nitrogen and oxygen atoms in total. The summed E-state index contributed by atoms with van der Waals surface area (Å²) in [4.78, 5) is 28.4. The molecule has 1 aromatic rings. The molecule has 26 heavy (non-hydrogen) atoms. The van der Waals surface area contributed by atoms with Crippen LogP contribution in [0, 0.1) is 0 Å². The molecule has 146 valence electrons. The van der Waals surface area contributed by atoms with Crippen LogP contribution < -0.4 is 9.47 Å². The summed E-state index contributed by atoms with van der Waals surface area (Å²) in [5, 5.41) is 0. The number of likely N-dealkylation sites (N-methyl/N-ethyl adjacent to an activating group) is 1. The molecule has 0 radical (unpaired) electrons. The SMILES string of the molecule is CCN(CC)CCN(CCC(=O)OC)C(=O)c1ccc(OC)c(OC)c1. The van der Waals surface area contributed by atoms with Crippen molar-refractivity contribution in [2.24, 2.45) is 0 Å². The van der Waals surface area contributed by atoms with E-state index >= 15 is 0 Å². The Morgan fingerprint density at radius 3 is 2.12 bits per heavy atom. The van der Waals surface area contributed by atoms with Crippen LogP contribution >= 0.6 is 0 Å². The summed E-state index contributed by atoms with van der Waals surface area (Å²) < 4.78 is 15.2. The summed E-state index contributed by atoms with van der Waals surface area (Å²) in [6.07, 6.45) is 0.160. The van der Waals surface area contributed by atoms with E-state index in [1.54, 1.807) is 30.2 Å². The minimum Gasteiger partial charge on any atom is -0.493 e. The molecule has 1 aromatic carbocycles. The molecule has 0 fully saturated rings. The second-order valence-electron chi connectivity index (χ2n) is 5.71. The van der Waals surface area contributed by atoms with Crippen LogP contribution in [0.3, 0.4) is 0 Å². The summed E-state index contributed by atoms with van der Waals surface area (Å²) in [5.41, 5.74) is 0.493. The van der Waals surface area contributed by atoms with Gasteiger partial charge in [-0.05, 0) is 31.3 Å². The van der Waals surface area contributed by atoms with E-state index in [1.165, 1.54) is 14.2 Å². The smallest absolute Gasteiger partial charge is 0.307 e. The Labute approximate surface area is 155 Å². The molecular weight excluding hydrogens is 336 g/mol. The second-order valence-corrected chi connectivity index (χ2v) is 5.71. The normalized spacial score (nSPS) is 10.5. The standard InChI is InChI=1S/C19H30N2O5/c1-6-20(7-2)12-13-21(11-10-18(22)26-5)19(23)15-8-9-16(24-3)17(14-15)25-4/h8-9,14H,6-7,10-13H2,1-5H3. The molecule has 0 aliphatic heterocycles. The van der Waals surface area contributed by atoms with Gasteiger partial charge in [0, 0.05) is 25.2 Å². The predicted molar refractivity (Wildman–Crippen MR) is 99.9 cm³/mol. The highest BCUT2D eigenvalue weighted by molar-refractivity contribution is 5.95. The molecule has 0 unspecified atom stereocenters. The van der Waals surface area contributed by atoms with Crippen molar-refractivity contribution in [2.45, 2.75) is 20.3 Å². The molecule has 0 saturated carbocycles. The van der Waals surface area contributed by atoms with Crippen molar-refractivity contribution < 1.29 is 23.8 Å². The van der Waals surface area contributed by atoms with Crippen LogP contribution in [-0.4, -0.2) is 75.7 Å². The van der Waals surface area contributed by atoms with Gasteiger partial charge in [0.05, 0.1) is 27.8 Å². The van der Waals surface area contributed by atoms with Gasteiger partial charge < -0.3 is 24.0 Å². The van der Waals surface area contributed by atoms with Crippen molar-refractivity contribution in [1.82, 2.24) is 9.80 Å². The molecule has 7 heteroatoms. The first-order valence-corrected chi connectivity index (χ1v) is 8.81. The van der Waals surface area contributed by atoms with Gasteiger partial charge in [0.2, 0.25) is 0 Å². The van der Waals surface area contributed by atoms with Crippen LogP contribution in [0.1, 0.15) is 30.6 Å². The predicted octanol–water partition coefficient (Wildman–Crippen LogP) is 2.05. The lowest BCUT2D eigenvalue weighted by Gasteiger charge is -2.26. The quantitative estimate of drug-likeness (QED) is 0.559. The van der Waals surface area contributed by atoms with Crippen molar-refractivity contribution in [3.8, 4) is 11.5 Å². The number of amides is 1. The Morgan fingerprint density at radius 1 is 0.923 bits per heavy atom. The van der Waals surface area contributed by atoms with E-state index in [-0.39, 0.29) is 18.3 Å². The van der Waals surface area contributed by atoms with Crippen LogP contribution in [0.5, 0.6) is 11.5 Å². The van der Waals surface area contributed by atoms with E-state index in [0.29, 0.717) is 30.2 Å². The molecule has 0 aliphatic carbocycles. The number of nitrogens with zero attached hydrogens (tertiary/aromatic N) is 2. The van der Waals surface area contributed by atoms with Crippen molar-refractivity contribution >= 4 is 11.9 Å². The molecule has 0 aliphatic rings. The fraction of sp³-hybridized carbons (Fsp3) is 0.579. The Kier molecular flexibility index (Phi) is 9.51. The van der Waals surface area contributed by atoms with Crippen LogP contribution in [0.4, 0.5) is 0 Å². The van der Waals surface area contributed by atoms with Gasteiger partial charge in [0.15, 0.2) is 11.5 Å². The number of hydrogen-bond donors (Lipinski definition) is 0. The lowest BCUT2D eigenvalue weighted by molar-refractivity contribution is -0.140. The average Bonchev–Trinajstić information content (AvgIpc) is 2.69. The molecule has 1 rings (SSSR count). The van der Waals surface area contributed by atoms with E-state index in [9.17, 15) is 9.59 Å². The molecule has 0 bridgehead atoms. The first-order chi connectivity index (χ1) is 12.5. The number of methoxy groups -OCH3 is 3. The van der Waals surface area contributed by atoms with Crippen LogP contribution in [0.25, 0.3) is 0 Å². The number of carbonyl (C=O) groups excluding carboxylic acids is 2. The fourth-order valence-corrected chi connectivity index (χ4v) is 2.60. The molecule has 1 amide bonds. The van der Waals surface area contributed by atoms with E-state index in [4.69, 9.17) is 14.2 Å². The molecular formula is C19H30N2O5. The van der Waals surface area contributed by atoms with Gasteiger partial charge in [-0.1, -0.05) is 13.8 Å². The highest BCUT2D eigenvalue weighted by Gasteiger charge is 2.19. The largest absolute Gasteiger partial charge is 0.493 e. The lowest BCUT2D eigenvalue weighted by atomic mass is 10.1. The maximum atomic E-state index is 13.0. The summed E-state index contributed by atoms with van der Waals surface area (Å²) in [6.45, 7) is 7.56. The van der Waals surface area contributed by atoms with E-state index in [2.05, 4.69) is 18.7 Å². The molecule has 0 spiro atoms. The monoisotopic (exact) mass is 366 g/mol. The Morgan fingerprint density at radius 2 is 1.58 bits per heavy atom. The second kappa shape index (κ2) is 11.4. The van der Waals surface area contributed by atoms with Gasteiger partial charge in [-0.3, -0.25) is 9.59 Å². The van der Waals surface area contributed by atoms with E-state index in [0.717, 1.165) is 19.6 Å². The zero-order chi connectivity index (χ0) is 19.5. The van der Waals surface area contributed by atoms with E-state index < -0.39 is 0 Å². The maximum Gasteiger partial charge on any atom is 0.307 e. The Bertz CT molecular complexity index is 587. The Balaban J connectivity index is 2.95. The average molecular weight is 366 g/mol. The van der Waals surface area contributed by atoms with Gasteiger partial charge in [-0.15, -0.1) is 0 Å².